The van der Waals surface area contributed by atoms with E-state index in [1.54, 1.807) is 12.5 Å². The average molecular weight is 215 g/mol. The van der Waals surface area contributed by atoms with Gasteiger partial charge in [-0.3, -0.25) is 0 Å². The fourth-order valence-electron chi connectivity index (χ4n) is 1.63. The summed E-state index contributed by atoms with van der Waals surface area (Å²) in [5.41, 5.74) is 1.53. The Morgan fingerprint density at radius 1 is 1.38 bits per heavy atom. The van der Waals surface area contributed by atoms with Crippen molar-refractivity contribution >= 4 is 5.71 Å². The summed E-state index contributed by atoms with van der Waals surface area (Å²) in [6.45, 7) is 1.96. The van der Waals surface area contributed by atoms with Crippen molar-refractivity contribution in [3.8, 4) is 0 Å². The molecule has 1 aromatic carbocycles. The van der Waals surface area contributed by atoms with Gasteiger partial charge in [-0.15, -0.1) is 0 Å². The van der Waals surface area contributed by atoms with Crippen LogP contribution in [0, 0.1) is 0 Å². The summed E-state index contributed by atoms with van der Waals surface area (Å²) in [6.07, 6.45) is 5.26. The highest BCUT2D eigenvalue weighted by Crippen LogP contribution is 2.14. The second-order valence-corrected chi connectivity index (χ2v) is 3.54. The quantitative estimate of drug-likeness (QED) is 0.485. The third-order valence-electron chi connectivity index (χ3n) is 2.55. The molecule has 0 bridgehead atoms. The van der Waals surface area contributed by atoms with Crippen LogP contribution >= 0.6 is 0 Å². The Balaban J connectivity index is 2.32. The number of imidazole rings is 1. The zero-order valence-corrected chi connectivity index (χ0v) is 8.99. The first-order valence-electron chi connectivity index (χ1n) is 5.07. The molecule has 0 amide bonds. The SMILES string of the molecule is CC(/C(=N/O)c1ccccc1)n1ccnc1. The molecule has 4 nitrogen and oxygen atoms in total. The molecular weight excluding hydrogens is 202 g/mol. The number of hydrogen-bond donors (Lipinski definition) is 1. The molecule has 16 heavy (non-hydrogen) atoms. The van der Waals surface area contributed by atoms with Crippen LogP contribution in [-0.4, -0.2) is 20.5 Å². The van der Waals surface area contributed by atoms with Crippen LogP contribution in [0.5, 0.6) is 0 Å². The normalized spacial score (nSPS) is 13.7. The molecule has 0 aliphatic carbocycles. The molecule has 1 aromatic heterocycles. The van der Waals surface area contributed by atoms with Crippen LogP contribution in [0.2, 0.25) is 0 Å². The van der Waals surface area contributed by atoms with Crippen LogP contribution in [0.4, 0.5) is 0 Å². The van der Waals surface area contributed by atoms with E-state index in [4.69, 9.17) is 5.21 Å². The van der Waals surface area contributed by atoms with Gasteiger partial charge in [0.15, 0.2) is 0 Å². The minimum Gasteiger partial charge on any atom is -0.411 e. The zero-order chi connectivity index (χ0) is 11.4. The Kier molecular flexibility index (Phi) is 3.00. The van der Waals surface area contributed by atoms with Crippen LogP contribution in [0.1, 0.15) is 18.5 Å². The van der Waals surface area contributed by atoms with Gasteiger partial charge in [0.25, 0.3) is 0 Å². The molecule has 82 valence electrons. The number of benzene rings is 1. The second-order valence-electron chi connectivity index (χ2n) is 3.54. The summed E-state index contributed by atoms with van der Waals surface area (Å²) in [5, 5.41) is 12.5. The molecule has 1 N–H and O–H groups in total. The van der Waals surface area contributed by atoms with Gasteiger partial charge in [-0.1, -0.05) is 35.5 Å². The Bertz CT molecular complexity index is 462. The zero-order valence-electron chi connectivity index (χ0n) is 8.99. The first-order valence-corrected chi connectivity index (χ1v) is 5.07. The highest BCUT2D eigenvalue weighted by molar-refractivity contribution is 6.02. The lowest BCUT2D eigenvalue weighted by molar-refractivity contribution is 0.315. The van der Waals surface area contributed by atoms with Crippen LogP contribution in [0.15, 0.2) is 54.2 Å². The van der Waals surface area contributed by atoms with Crippen molar-refractivity contribution in [3.63, 3.8) is 0 Å². The predicted molar refractivity (Wildman–Crippen MR) is 61.7 cm³/mol. The monoisotopic (exact) mass is 215 g/mol. The first kappa shape index (κ1) is 10.4. The maximum Gasteiger partial charge on any atom is 0.109 e. The molecule has 0 fully saturated rings. The lowest BCUT2D eigenvalue weighted by Crippen LogP contribution is -2.16. The van der Waals surface area contributed by atoms with Gasteiger partial charge < -0.3 is 9.77 Å². The van der Waals surface area contributed by atoms with Gasteiger partial charge >= 0.3 is 0 Å². The van der Waals surface area contributed by atoms with Crippen LogP contribution < -0.4 is 0 Å². The summed E-state index contributed by atoms with van der Waals surface area (Å²) in [7, 11) is 0. The summed E-state index contributed by atoms with van der Waals surface area (Å²) < 4.78 is 1.89. The van der Waals surface area contributed by atoms with Gasteiger partial charge in [0.2, 0.25) is 0 Å². The molecular formula is C12H13N3O. The fourth-order valence-corrected chi connectivity index (χ4v) is 1.63. The average Bonchev–Trinajstić information content (AvgIpc) is 2.85. The van der Waals surface area contributed by atoms with Crippen molar-refractivity contribution in [2.75, 3.05) is 0 Å². The second kappa shape index (κ2) is 4.61. The van der Waals surface area contributed by atoms with E-state index in [0.717, 1.165) is 5.56 Å². The number of oxime groups is 1. The van der Waals surface area contributed by atoms with Gasteiger partial charge in [0, 0.05) is 18.0 Å². The number of rotatable bonds is 3. The Hall–Kier alpha value is -2.10. The Labute approximate surface area is 93.9 Å². The third-order valence-corrected chi connectivity index (χ3v) is 2.55. The number of hydrogen-bond acceptors (Lipinski definition) is 3. The fraction of sp³-hybridized carbons (Fsp3) is 0.167. The summed E-state index contributed by atoms with van der Waals surface area (Å²) >= 11 is 0. The van der Waals surface area contributed by atoms with Crippen molar-refractivity contribution in [1.29, 1.82) is 0 Å². The van der Waals surface area contributed by atoms with Crippen molar-refractivity contribution in [2.24, 2.45) is 5.16 Å². The van der Waals surface area contributed by atoms with Gasteiger partial charge in [-0.2, -0.15) is 0 Å². The molecule has 0 saturated heterocycles. The van der Waals surface area contributed by atoms with Crippen molar-refractivity contribution in [3.05, 3.63) is 54.6 Å². The Morgan fingerprint density at radius 2 is 2.12 bits per heavy atom. The maximum atomic E-state index is 9.10. The number of nitrogens with zero attached hydrogens (tertiary/aromatic N) is 3. The highest BCUT2D eigenvalue weighted by atomic mass is 16.4. The van der Waals surface area contributed by atoms with E-state index < -0.39 is 0 Å². The van der Waals surface area contributed by atoms with Gasteiger partial charge in [-0.25, -0.2) is 4.98 Å². The number of aromatic nitrogens is 2. The van der Waals surface area contributed by atoms with Gasteiger partial charge in [0.1, 0.15) is 5.71 Å². The molecule has 1 atom stereocenters. The van der Waals surface area contributed by atoms with E-state index in [2.05, 4.69) is 10.1 Å². The van der Waals surface area contributed by atoms with E-state index in [1.807, 2.05) is 48.0 Å². The van der Waals surface area contributed by atoms with Crippen LogP contribution in [0.25, 0.3) is 0 Å². The standard InChI is InChI=1S/C12H13N3O/c1-10(15-8-7-13-9-15)12(14-16)11-5-3-2-4-6-11/h2-10,16H,1H3/b14-12-. The van der Waals surface area contributed by atoms with Crippen LogP contribution in [-0.2, 0) is 0 Å². The molecule has 4 heteroatoms. The Morgan fingerprint density at radius 3 is 2.69 bits per heavy atom. The van der Waals surface area contributed by atoms with E-state index >= 15 is 0 Å². The minimum atomic E-state index is -0.0464. The summed E-state index contributed by atoms with van der Waals surface area (Å²) in [6, 6.07) is 9.56. The molecule has 0 aliphatic heterocycles. The summed E-state index contributed by atoms with van der Waals surface area (Å²) in [4.78, 5) is 3.98. The predicted octanol–water partition coefficient (Wildman–Crippen LogP) is 2.32. The van der Waals surface area contributed by atoms with E-state index in [9.17, 15) is 0 Å². The molecule has 2 aromatic rings. The maximum absolute atomic E-state index is 9.10. The molecule has 0 saturated carbocycles. The minimum absolute atomic E-state index is 0.0464. The van der Waals surface area contributed by atoms with E-state index in [-0.39, 0.29) is 6.04 Å². The lowest BCUT2D eigenvalue weighted by atomic mass is 10.0. The lowest BCUT2D eigenvalue weighted by Gasteiger charge is -2.14. The molecule has 1 unspecified atom stereocenters. The highest BCUT2D eigenvalue weighted by Gasteiger charge is 2.14. The molecule has 1 heterocycles. The molecule has 0 radical (unpaired) electrons. The van der Waals surface area contributed by atoms with Gasteiger partial charge in [-0.05, 0) is 6.92 Å². The molecule has 2 rings (SSSR count). The first-order chi connectivity index (χ1) is 7.83. The van der Waals surface area contributed by atoms with Crippen LogP contribution in [0.3, 0.4) is 0 Å². The van der Waals surface area contributed by atoms with Crippen molar-refractivity contribution in [1.82, 2.24) is 9.55 Å². The summed E-state index contributed by atoms with van der Waals surface area (Å²) in [5.74, 6) is 0. The van der Waals surface area contributed by atoms with Crippen molar-refractivity contribution < 1.29 is 5.21 Å². The topological polar surface area (TPSA) is 50.4 Å². The largest absolute Gasteiger partial charge is 0.411 e. The smallest absolute Gasteiger partial charge is 0.109 e. The van der Waals surface area contributed by atoms with E-state index in [0.29, 0.717) is 5.71 Å². The molecule has 0 aliphatic rings. The van der Waals surface area contributed by atoms with E-state index in [1.165, 1.54) is 0 Å². The van der Waals surface area contributed by atoms with Crippen molar-refractivity contribution in [2.45, 2.75) is 13.0 Å². The van der Waals surface area contributed by atoms with Gasteiger partial charge in [0.05, 0.1) is 12.4 Å². The molecule has 0 spiro atoms. The third kappa shape index (κ3) is 1.95.